The van der Waals surface area contributed by atoms with E-state index in [2.05, 4.69) is 49.5 Å². The van der Waals surface area contributed by atoms with Gasteiger partial charge in [-0.3, -0.25) is 0 Å². The maximum Gasteiger partial charge on any atom is 0.118 e. The molecule has 1 aliphatic carbocycles. The van der Waals surface area contributed by atoms with Gasteiger partial charge < -0.3 is 10.1 Å². The highest BCUT2D eigenvalue weighted by atomic mass is 16.5. The first-order valence-electron chi connectivity index (χ1n) is 7.65. The minimum Gasteiger partial charge on any atom is -0.497 e. The van der Waals surface area contributed by atoms with Gasteiger partial charge in [0.25, 0.3) is 0 Å². The van der Waals surface area contributed by atoms with Crippen LogP contribution >= 0.6 is 0 Å². The lowest BCUT2D eigenvalue weighted by atomic mass is 10.0. The van der Waals surface area contributed by atoms with Crippen LogP contribution in [0.5, 0.6) is 5.75 Å². The number of ether oxygens (including phenoxy) is 1. The van der Waals surface area contributed by atoms with E-state index in [1.807, 2.05) is 12.1 Å². The molecule has 1 N–H and O–H groups in total. The van der Waals surface area contributed by atoms with Crippen molar-refractivity contribution in [2.45, 2.75) is 32.7 Å². The minimum absolute atomic E-state index is 0.401. The van der Waals surface area contributed by atoms with Crippen LogP contribution < -0.4 is 10.1 Å². The van der Waals surface area contributed by atoms with Crippen molar-refractivity contribution in [3.05, 3.63) is 59.2 Å². The van der Waals surface area contributed by atoms with Crippen molar-refractivity contribution in [1.29, 1.82) is 0 Å². The van der Waals surface area contributed by atoms with Crippen LogP contribution in [0, 0.1) is 19.8 Å². The van der Waals surface area contributed by atoms with Crippen LogP contribution in [-0.4, -0.2) is 7.11 Å². The van der Waals surface area contributed by atoms with Gasteiger partial charge in [-0.2, -0.15) is 0 Å². The van der Waals surface area contributed by atoms with E-state index in [9.17, 15) is 0 Å². The molecule has 1 unspecified atom stereocenters. The topological polar surface area (TPSA) is 21.3 Å². The molecule has 0 radical (unpaired) electrons. The summed E-state index contributed by atoms with van der Waals surface area (Å²) in [6.07, 6.45) is 2.63. The zero-order valence-corrected chi connectivity index (χ0v) is 13.0. The Morgan fingerprint density at radius 2 is 1.71 bits per heavy atom. The SMILES string of the molecule is COc1ccc(C(Nc2ccc(C)c(C)c2)C2CC2)cc1. The van der Waals surface area contributed by atoms with Crippen molar-refractivity contribution in [3.63, 3.8) is 0 Å². The Bertz CT molecular complexity index is 614. The van der Waals surface area contributed by atoms with Gasteiger partial charge in [-0.05, 0) is 73.6 Å². The summed E-state index contributed by atoms with van der Waals surface area (Å²) in [6, 6.07) is 15.5. The Balaban J connectivity index is 1.82. The standard InChI is InChI=1S/C19H23NO/c1-13-4-9-17(12-14(13)2)20-19(15-5-6-15)16-7-10-18(21-3)11-8-16/h4,7-12,15,19-20H,5-6H2,1-3H3. The first-order valence-corrected chi connectivity index (χ1v) is 7.65. The summed E-state index contributed by atoms with van der Waals surface area (Å²) in [4.78, 5) is 0. The maximum absolute atomic E-state index is 5.25. The predicted octanol–water partition coefficient (Wildman–Crippen LogP) is 4.88. The van der Waals surface area contributed by atoms with Crippen LogP contribution in [0.25, 0.3) is 0 Å². The van der Waals surface area contributed by atoms with Crippen molar-refractivity contribution in [2.75, 3.05) is 12.4 Å². The molecule has 1 saturated carbocycles. The molecule has 2 nitrogen and oxygen atoms in total. The number of anilines is 1. The Kier molecular flexibility index (Phi) is 3.87. The molecule has 1 atom stereocenters. The van der Waals surface area contributed by atoms with Gasteiger partial charge in [0.05, 0.1) is 13.2 Å². The average molecular weight is 281 g/mol. The molecular formula is C19H23NO. The Morgan fingerprint density at radius 1 is 1.00 bits per heavy atom. The summed E-state index contributed by atoms with van der Waals surface area (Å²) in [7, 11) is 1.71. The molecule has 1 fully saturated rings. The second-order valence-corrected chi connectivity index (χ2v) is 6.03. The van der Waals surface area contributed by atoms with E-state index in [0.717, 1.165) is 11.7 Å². The zero-order chi connectivity index (χ0) is 14.8. The van der Waals surface area contributed by atoms with E-state index in [-0.39, 0.29) is 0 Å². The number of aryl methyl sites for hydroxylation is 2. The van der Waals surface area contributed by atoms with Crippen molar-refractivity contribution >= 4 is 5.69 Å². The molecule has 1 aliphatic rings. The molecule has 0 bridgehead atoms. The van der Waals surface area contributed by atoms with E-state index in [4.69, 9.17) is 4.74 Å². The monoisotopic (exact) mass is 281 g/mol. The van der Waals surface area contributed by atoms with E-state index < -0.39 is 0 Å². The molecule has 2 aromatic carbocycles. The van der Waals surface area contributed by atoms with Crippen LogP contribution in [-0.2, 0) is 0 Å². The molecule has 110 valence electrons. The molecular weight excluding hydrogens is 258 g/mol. The maximum atomic E-state index is 5.25. The summed E-state index contributed by atoms with van der Waals surface area (Å²) in [6.45, 7) is 4.32. The van der Waals surface area contributed by atoms with Crippen LogP contribution in [0.15, 0.2) is 42.5 Å². The summed E-state index contributed by atoms with van der Waals surface area (Å²) in [5, 5.41) is 3.72. The van der Waals surface area contributed by atoms with Crippen LogP contribution in [0.2, 0.25) is 0 Å². The number of hydrogen-bond donors (Lipinski definition) is 1. The molecule has 0 saturated heterocycles. The second kappa shape index (κ2) is 5.80. The Morgan fingerprint density at radius 3 is 2.29 bits per heavy atom. The number of methoxy groups -OCH3 is 1. The van der Waals surface area contributed by atoms with Gasteiger partial charge in [-0.1, -0.05) is 18.2 Å². The molecule has 21 heavy (non-hydrogen) atoms. The van der Waals surface area contributed by atoms with E-state index in [0.29, 0.717) is 6.04 Å². The van der Waals surface area contributed by atoms with E-state index in [1.165, 1.54) is 35.2 Å². The fourth-order valence-electron chi connectivity index (χ4n) is 2.72. The summed E-state index contributed by atoms with van der Waals surface area (Å²) in [5.41, 5.74) is 5.24. The Labute approximate surface area is 127 Å². The summed E-state index contributed by atoms with van der Waals surface area (Å²) >= 11 is 0. The first kappa shape index (κ1) is 14.0. The smallest absolute Gasteiger partial charge is 0.118 e. The quantitative estimate of drug-likeness (QED) is 0.843. The third-order valence-corrected chi connectivity index (χ3v) is 4.40. The number of nitrogens with one attached hydrogen (secondary N) is 1. The normalized spacial score (nSPS) is 15.6. The zero-order valence-electron chi connectivity index (χ0n) is 13.0. The minimum atomic E-state index is 0.401. The lowest BCUT2D eigenvalue weighted by Crippen LogP contribution is -2.13. The molecule has 0 heterocycles. The van der Waals surface area contributed by atoms with Gasteiger partial charge in [0, 0.05) is 5.69 Å². The van der Waals surface area contributed by atoms with Gasteiger partial charge in [-0.25, -0.2) is 0 Å². The molecule has 0 aliphatic heterocycles. The van der Waals surface area contributed by atoms with Crippen LogP contribution in [0.3, 0.4) is 0 Å². The highest BCUT2D eigenvalue weighted by Crippen LogP contribution is 2.43. The third-order valence-electron chi connectivity index (χ3n) is 4.40. The molecule has 2 aromatic rings. The van der Waals surface area contributed by atoms with Crippen LogP contribution in [0.1, 0.15) is 35.6 Å². The summed E-state index contributed by atoms with van der Waals surface area (Å²) in [5.74, 6) is 1.67. The fraction of sp³-hybridized carbons (Fsp3) is 0.368. The van der Waals surface area contributed by atoms with Gasteiger partial charge in [-0.15, -0.1) is 0 Å². The fourth-order valence-corrected chi connectivity index (χ4v) is 2.72. The van der Waals surface area contributed by atoms with Crippen molar-refractivity contribution in [3.8, 4) is 5.75 Å². The molecule has 3 rings (SSSR count). The lowest BCUT2D eigenvalue weighted by Gasteiger charge is -2.21. The summed E-state index contributed by atoms with van der Waals surface area (Å²) < 4.78 is 5.25. The molecule has 0 spiro atoms. The van der Waals surface area contributed by atoms with Crippen molar-refractivity contribution in [2.24, 2.45) is 5.92 Å². The molecule has 2 heteroatoms. The van der Waals surface area contributed by atoms with Gasteiger partial charge >= 0.3 is 0 Å². The highest BCUT2D eigenvalue weighted by molar-refractivity contribution is 5.50. The highest BCUT2D eigenvalue weighted by Gasteiger charge is 2.32. The first-order chi connectivity index (χ1) is 10.2. The number of rotatable bonds is 5. The number of hydrogen-bond acceptors (Lipinski definition) is 2. The average Bonchev–Trinajstić information content (AvgIpc) is 3.33. The molecule has 0 amide bonds. The van der Waals surface area contributed by atoms with Crippen LogP contribution in [0.4, 0.5) is 5.69 Å². The third kappa shape index (κ3) is 3.21. The van der Waals surface area contributed by atoms with Crippen molar-refractivity contribution in [1.82, 2.24) is 0 Å². The Hall–Kier alpha value is -1.96. The van der Waals surface area contributed by atoms with Gasteiger partial charge in [0.2, 0.25) is 0 Å². The second-order valence-electron chi connectivity index (χ2n) is 6.03. The van der Waals surface area contributed by atoms with E-state index >= 15 is 0 Å². The lowest BCUT2D eigenvalue weighted by molar-refractivity contribution is 0.414. The number of benzene rings is 2. The van der Waals surface area contributed by atoms with Gasteiger partial charge in [0.15, 0.2) is 0 Å². The molecule has 0 aromatic heterocycles. The van der Waals surface area contributed by atoms with Crippen molar-refractivity contribution < 1.29 is 4.74 Å². The largest absolute Gasteiger partial charge is 0.497 e. The predicted molar refractivity (Wildman–Crippen MR) is 88.0 cm³/mol. The van der Waals surface area contributed by atoms with Gasteiger partial charge in [0.1, 0.15) is 5.75 Å². The van der Waals surface area contributed by atoms with E-state index in [1.54, 1.807) is 7.11 Å².